The number of hydrogen-bond acceptors (Lipinski definition) is 8. The van der Waals surface area contributed by atoms with Crippen molar-refractivity contribution in [1.82, 2.24) is 15.0 Å². The predicted octanol–water partition coefficient (Wildman–Crippen LogP) is 4.19. The first-order chi connectivity index (χ1) is 14.1. The Bertz CT molecular complexity index is 1190. The molecule has 3 heterocycles. The SMILES string of the molecule is CCOC(=O)c1sc2nc(-c3ccncc3)nc(-c3cccc(OC)c3)c2c1N. The molecule has 3 aromatic heterocycles. The predicted molar refractivity (Wildman–Crippen MR) is 113 cm³/mol. The topological polar surface area (TPSA) is 100 Å². The molecule has 0 fully saturated rings. The zero-order chi connectivity index (χ0) is 20.4. The molecule has 0 spiro atoms. The Labute approximate surface area is 171 Å². The van der Waals surface area contributed by atoms with Gasteiger partial charge in [-0.2, -0.15) is 0 Å². The summed E-state index contributed by atoms with van der Waals surface area (Å²) in [6.07, 6.45) is 3.36. The molecule has 0 aliphatic rings. The van der Waals surface area contributed by atoms with E-state index in [9.17, 15) is 4.79 Å². The number of esters is 1. The number of benzene rings is 1. The summed E-state index contributed by atoms with van der Waals surface area (Å²) in [6, 6.07) is 11.2. The largest absolute Gasteiger partial charge is 0.497 e. The lowest BCUT2D eigenvalue weighted by Crippen LogP contribution is -2.05. The summed E-state index contributed by atoms with van der Waals surface area (Å²) < 4.78 is 10.5. The molecule has 1 aromatic carbocycles. The molecule has 2 N–H and O–H groups in total. The molecular formula is C21H18N4O3S. The average molecular weight is 406 g/mol. The number of anilines is 1. The maximum Gasteiger partial charge on any atom is 0.350 e. The van der Waals surface area contributed by atoms with Crippen molar-refractivity contribution in [3.8, 4) is 28.4 Å². The third-order valence-electron chi connectivity index (χ3n) is 4.33. The van der Waals surface area contributed by atoms with E-state index in [1.165, 1.54) is 11.3 Å². The van der Waals surface area contributed by atoms with E-state index in [1.807, 2.05) is 36.4 Å². The third kappa shape index (κ3) is 3.50. The minimum Gasteiger partial charge on any atom is -0.497 e. The van der Waals surface area contributed by atoms with Gasteiger partial charge in [0.25, 0.3) is 0 Å². The van der Waals surface area contributed by atoms with Crippen molar-refractivity contribution in [2.75, 3.05) is 19.5 Å². The van der Waals surface area contributed by atoms with Crippen LogP contribution in [0.2, 0.25) is 0 Å². The van der Waals surface area contributed by atoms with Crippen LogP contribution < -0.4 is 10.5 Å². The number of nitrogens with zero attached hydrogens (tertiary/aromatic N) is 3. The highest BCUT2D eigenvalue weighted by molar-refractivity contribution is 7.21. The second kappa shape index (κ2) is 7.84. The Morgan fingerprint density at radius 2 is 1.93 bits per heavy atom. The number of rotatable bonds is 5. The van der Waals surface area contributed by atoms with Gasteiger partial charge in [-0.1, -0.05) is 12.1 Å². The van der Waals surface area contributed by atoms with Gasteiger partial charge in [-0.3, -0.25) is 4.98 Å². The van der Waals surface area contributed by atoms with Crippen molar-refractivity contribution in [1.29, 1.82) is 0 Å². The highest BCUT2D eigenvalue weighted by atomic mass is 32.1. The molecule has 0 saturated carbocycles. The quantitative estimate of drug-likeness (QED) is 0.496. The summed E-state index contributed by atoms with van der Waals surface area (Å²) in [5, 5.41) is 0.629. The van der Waals surface area contributed by atoms with Crippen LogP contribution in [0.5, 0.6) is 5.75 Å². The lowest BCUT2D eigenvalue weighted by atomic mass is 10.1. The molecule has 0 saturated heterocycles. The minimum atomic E-state index is -0.463. The summed E-state index contributed by atoms with van der Waals surface area (Å²) in [5.74, 6) is 0.753. The van der Waals surface area contributed by atoms with Gasteiger partial charge in [-0.15, -0.1) is 11.3 Å². The molecule has 29 heavy (non-hydrogen) atoms. The average Bonchev–Trinajstić information content (AvgIpc) is 3.10. The Kier molecular flexibility index (Phi) is 5.09. The number of pyridine rings is 1. The van der Waals surface area contributed by atoms with Crippen LogP contribution in [0.4, 0.5) is 5.69 Å². The third-order valence-corrected chi connectivity index (χ3v) is 5.41. The molecule has 0 bridgehead atoms. The van der Waals surface area contributed by atoms with Gasteiger partial charge < -0.3 is 15.2 Å². The molecule has 0 atom stereocenters. The number of methoxy groups -OCH3 is 1. The number of aromatic nitrogens is 3. The number of carbonyl (C=O) groups is 1. The summed E-state index contributed by atoms with van der Waals surface area (Å²) in [4.78, 5) is 26.8. The van der Waals surface area contributed by atoms with Gasteiger partial charge in [-0.25, -0.2) is 14.8 Å². The number of nitrogens with two attached hydrogens (primary N) is 1. The Balaban J connectivity index is 2.01. The van der Waals surface area contributed by atoms with E-state index in [4.69, 9.17) is 20.2 Å². The number of hydrogen-bond donors (Lipinski definition) is 1. The standard InChI is InChI=1S/C21H18N4O3S/c1-3-28-21(26)18-16(22)15-17(13-5-4-6-14(11-13)27-2)24-19(25-20(15)29-18)12-7-9-23-10-8-12/h4-11H,3,22H2,1-2H3. The molecule has 0 unspecified atom stereocenters. The number of thiophene rings is 1. The molecule has 146 valence electrons. The number of nitrogen functional groups attached to an aromatic ring is 1. The summed E-state index contributed by atoms with van der Waals surface area (Å²) in [5.41, 5.74) is 8.93. The second-order valence-corrected chi connectivity index (χ2v) is 7.11. The fourth-order valence-corrected chi connectivity index (χ4v) is 3.97. The molecule has 0 radical (unpaired) electrons. The molecular weight excluding hydrogens is 388 g/mol. The Morgan fingerprint density at radius 1 is 1.14 bits per heavy atom. The van der Waals surface area contributed by atoms with Crippen molar-refractivity contribution in [2.24, 2.45) is 0 Å². The van der Waals surface area contributed by atoms with E-state index < -0.39 is 5.97 Å². The summed E-state index contributed by atoms with van der Waals surface area (Å²) >= 11 is 1.20. The fourth-order valence-electron chi connectivity index (χ4n) is 2.98. The molecule has 7 nitrogen and oxygen atoms in total. The van der Waals surface area contributed by atoms with Gasteiger partial charge in [0.05, 0.1) is 30.5 Å². The molecule has 0 aliphatic carbocycles. The van der Waals surface area contributed by atoms with Gasteiger partial charge in [0.2, 0.25) is 0 Å². The molecule has 4 rings (SSSR count). The van der Waals surface area contributed by atoms with Crippen LogP contribution in [0, 0.1) is 0 Å². The normalized spacial score (nSPS) is 10.8. The maximum absolute atomic E-state index is 12.4. The number of ether oxygens (including phenoxy) is 2. The molecule has 8 heteroatoms. The van der Waals surface area contributed by atoms with Gasteiger partial charge in [-0.05, 0) is 31.2 Å². The summed E-state index contributed by atoms with van der Waals surface area (Å²) in [7, 11) is 1.61. The van der Waals surface area contributed by atoms with Gasteiger partial charge in [0, 0.05) is 23.5 Å². The molecule has 0 aliphatic heterocycles. The molecule has 4 aromatic rings. The van der Waals surface area contributed by atoms with Crippen LogP contribution in [-0.2, 0) is 4.74 Å². The lowest BCUT2D eigenvalue weighted by molar-refractivity contribution is 0.0533. The second-order valence-electron chi connectivity index (χ2n) is 6.11. The van der Waals surface area contributed by atoms with Crippen LogP contribution in [0.3, 0.4) is 0 Å². The van der Waals surface area contributed by atoms with Crippen LogP contribution in [-0.4, -0.2) is 34.6 Å². The van der Waals surface area contributed by atoms with Gasteiger partial charge in [0.1, 0.15) is 15.5 Å². The molecule has 0 amide bonds. The highest BCUT2D eigenvalue weighted by Gasteiger charge is 2.23. The highest BCUT2D eigenvalue weighted by Crippen LogP contribution is 2.40. The van der Waals surface area contributed by atoms with Gasteiger partial charge in [0.15, 0.2) is 5.82 Å². The monoisotopic (exact) mass is 406 g/mol. The Morgan fingerprint density at radius 3 is 2.66 bits per heavy atom. The van der Waals surface area contributed by atoms with Crippen molar-refractivity contribution in [3.63, 3.8) is 0 Å². The lowest BCUT2D eigenvalue weighted by Gasteiger charge is -2.09. The van der Waals surface area contributed by atoms with E-state index in [1.54, 1.807) is 26.4 Å². The first kappa shape index (κ1) is 18.8. The minimum absolute atomic E-state index is 0.267. The van der Waals surface area contributed by atoms with E-state index >= 15 is 0 Å². The Hall–Kier alpha value is -3.52. The van der Waals surface area contributed by atoms with Crippen LogP contribution in [0.25, 0.3) is 32.9 Å². The summed E-state index contributed by atoms with van der Waals surface area (Å²) in [6.45, 7) is 2.02. The van der Waals surface area contributed by atoms with Crippen LogP contribution in [0.15, 0.2) is 48.8 Å². The van der Waals surface area contributed by atoms with Crippen molar-refractivity contribution in [3.05, 3.63) is 53.7 Å². The van der Waals surface area contributed by atoms with E-state index in [0.717, 1.165) is 11.1 Å². The first-order valence-corrected chi connectivity index (χ1v) is 9.76. The van der Waals surface area contributed by atoms with Gasteiger partial charge >= 0.3 is 5.97 Å². The zero-order valence-electron chi connectivity index (χ0n) is 15.9. The van der Waals surface area contributed by atoms with E-state index in [2.05, 4.69) is 9.97 Å². The van der Waals surface area contributed by atoms with Crippen molar-refractivity contribution < 1.29 is 14.3 Å². The maximum atomic E-state index is 12.4. The smallest absolute Gasteiger partial charge is 0.350 e. The number of carbonyl (C=O) groups excluding carboxylic acids is 1. The fraction of sp³-hybridized carbons (Fsp3) is 0.143. The van der Waals surface area contributed by atoms with Crippen LogP contribution in [0.1, 0.15) is 16.6 Å². The van der Waals surface area contributed by atoms with Crippen molar-refractivity contribution in [2.45, 2.75) is 6.92 Å². The van der Waals surface area contributed by atoms with Crippen molar-refractivity contribution >= 4 is 33.2 Å². The zero-order valence-corrected chi connectivity index (χ0v) is 16.7. The van der Waals surface area contributed by atoms with E-state index in [-0.39, 0.29) is 6.61 Å². The number of fused-ring (bicyclic) bond motifs is 1. The van der Waals surface area contributed by atoms with Crippen LogP contribution >= 0.6 is 11.3 Å². The van der Waals surface area contributed by atoms with E-state index in [0.29, 0.717) is 38.0 Å². The first-order valence-electron chi connectivity index (χ1n) is 8.94.